The fourth-order valence-electron chi connectivity index (χ4n) is 3.53. The van der Waals surface area contributed by atoms with Gasteiger partial charge in [0.15, 0.2) is 0 Å². The molecule has 3 rings (SSSR count). The molecule has 24 heavy (non-hydrogen) atoms. The maximum atomic E-state index is 12.4. The highest BCUT2D eigenvalue weighted by molar-refractivity contribution is 5.48. The van der Waals surface area contributed by atoms with E-state index in [-0.39, 0.29) is 5.56 Å². The number of aliphatic hydroxyl groups is 1. The van der Waals surface area contributed by atoms with E-state index >= 15 is 0 Å². The molecule has 0 aliphatic carbocycles. The van der Waals surface area contributed by atoms with Crippen LogP contribution in [0.3, 0.4) is 0 Å². The quantitative estimate of drug-likeness (QED) is 0.921. The van der Waals surface area contributed by atoms with Crippen molar-refractivity contribution in [3.8, 4) is 11.8 Å². The smallest absolute Gasteiger partial charge is 0.251 e. The van der Waals surface area contributed by atoms with Gasteiger partial charge in [-0.25, -0.2) is 0 Å². The molecule has 2 aromatic rings. The number of nitrogens with zero attached hydrogens (tertiary/aromatic N) is 2. The van der Waals surface area contributed by atoms with Gasteiger partial charge in [-0.2, -0.15) is 5.26 Å². The summed E-state index contributed by atoms with van der Waals surface area (Å²) >= 11 is 0. The minimum absolute atomic E-state index is 0.208. The average molecular weight is 324 g/mol. The third-order valence-electron chi connectivity index (χ3n) is 4.96. The van der Waals surface area contributed by atoms with Crippen LogP contribution in [-0.4, -0.2) is 20.9 Å². The number of benzene rings is 1. The molecule has 1 aliphatic rings. The van der Waals surface area contributed by atoms with Gasteiger partial charge in [0.25, 0.3) is 5.56 Å². The molecule has 0 saturated heterocycles. The molecular weight excluding hydrogens is 304 g/mol. The summed E-state index contributed by atoms with van der Waals surface area (Å²) in [5, 5.41) is 20.7. The Morgan fingerprint density at radius 3 is 2.71 bits per heavy atom. The number of rotatable bonds is 2. The van der Waals surface area contributed by atoms with Gasteiger partial charge in [-0.3, -0.25) is 4.79 Å². The topological polar surface area (TPSA) is 75.3 Å². The lowest BCUT2D eigenvalue weighted by atomic mass is 9.72. The van der Waals surface area contributed by atoms with Crippen LogP contribution in [0, 0.1) is 11.3 Å². The van der Waals surface area contributed by atoms with Gasteiger partial charge in [-0.15, -0.1) is 0 Å². The Morgan fingerprint density at radius 1 is 1.33 bits per heavy atom. The van der Waals surface area contributed by atoms with Crippen LogP contribution < -0.4 is 10.3 Å². The molecule has 2 atom stereocenters. The molecule has 0 amide bonds. The lowest BCUT2D eigenvalue weighted by Crippen LogP contribution is -2.62. The Morgan fingerprint density at radius 2 is 2.08 bits per heavy atom. The summed E-state index contributed by atoms with van der Waals surface area (Å²) < 4.78 is 7.56. The predicted octanol–water partition coefficient (Wildman–Crippen LogP) is 2.62. The maximum Gasteiger partial charge on any atom is 0.251 e. The van der Waals surface area contributed by atoms with Gasteiger partial charge in [0.2, 0.25) is 0 Å². The standard InChI is InChI=1S/C19H20N2O3/c1-4-19(23)17(21-10-6-5-7-16(21)22)14-11-13(12-20)8-9-15(14)24-18(19,2)3/h5-11,17,23H,4H2,1-3H3. The highest BCUT2D eigenvalue weighted by Crippen LogP contribution is 2.49. The minimum atomic E-state index is -1.31. The molecule has 0 saturated carbocycles. The molecule has 1 aromatic heterocycles. The van der Waals surface area contributed by atoms with Crippen LogP contribution in [0.15, 0.2) is 47.4 Å². The van der Waals surface area contributed by atoms with Crippen LogP contribution in [0.4, 0.5) is 0 Å². The van der Waals surface area contributed by atoms with Crippen molar-refractivity contribution >= 4 is 0 Å². The number of fused-ring (bicyclic) bond motifs is 1. The highest BCUT2D eigenvalue weighted by Gasteiger charge is 2.55. The van der Waals surface area contributed by atoms with Crippen molar-refractivity contribution < 1.29 is 9.84 Å². The summed E-state index contributed by atoms with van der Waals surface area (Å²) in [5.41, 5.74) is -1.31. The number of hydrogen-bond donors (Lipinski definition) is 1. The largest absolute Gasteiger partial charge is 0.484 e. The van der Waals surface area contributed by atoms with Crippen molar-refractivity contribution in [2.45, 2.75) is 44.4 Å². The van der Waals surface area contributed by atoms with Gasteiger partial charge in [0, 0.05) is 17.8 Å². The Bertz CT molecular complexity index is 879. The van der Waals surface area contributed by atoms with Gasteiger partial charge < -0.3 is 14.4 Å². The van der Waals surface area contributed by atoms with Gasteiger partial charge in [0.1, 0.15) is 17.0 Å². The summed E-state index contributed by atoms with van der Waals surface area (Å²) in [6.45, 7) is 5.50. The summed E-state index contributed by atoms with van der Waals surface area (Å²) in [4.78, 5) is 12.4. The third kappa shape index (κ3) is 2.22. The summed E-state index contributed by atoms with van der Waals surface area (Å²) in [7, 11) is 0. The fraction of sp³-hybridized carbons (Fsp3) is 0.368. The minimum Gasteiger partial charge on any atom is -0.484 e. The van der Waals surface area contributed by atoms with E-state index in [1.54, 1.807) is 36.5 Å². The molecule has 124 valence electrons. The molecule has 0 fully saturated rings. The first-order valence-electron chi connectivity index (χ1n) is 7.96. The Labute approximate surface area is 140 Å². The Balaban J connectivity index is 2.35. The van der Waals surface area contributed by atoms with E-state index in [4.69, 9.17) is 4.74 Å². The molecule has 2 unspecified atom stereocenters. The predicted molar refractivity (Wildman–Crippen MR) is 89.9 cm³/mol. The molecule has 0 radical (unpaired) electrons. The number of ether oxygens (including phenoxy) is 1. The van der Waals surface area contributed by atoms with E-state index in [1.807, 2.05) is 20.8 Å². The number of aromatic nitrogens is 1. The van der Waals surface area contributed by atoms with Crippen LogP contribution >= 0.6 is 0 Å². The highest BCUT2D eigenvalue weighted by atomic mass is 16.5. The molecular formula is C19H20N2O3. The van der Waals surface area contributed by atoms with Crippen molar-refractivity contribution in [1.82, 2.24) is 4.57 Å². The van der Waals surface area contributed by atoms with Crippen LogP contribution in [0.1, 0.15) is 44.4 Å². The zero-order valence-corrected chi connectivity index (χ0v) is 14.0. The van der Waals surface area contributed by atoms with E-state index in [0.29, 0.717) is 23.3 Å². The summed E-state index contributed by atoms with van der Waals surface area (Å²) in [5.74, 6) is 0.581. The lowest BCUT2D eigenvalue weighted by molar-refractivity contribution is -0.153. The van der Waals surface area contributed by atoms with E-state index in [9.17, 15) is 15.2 Å². The number of hydrogen-bond acceptors (Lipinski definition) is 4. The third-order valence-corrected chi connectivity index (χ3v) is 4.96. The molecule has 1 aromatic carbocycles. The SMILES string of the molecule is CCC1(O)C(n2ccccc2=O)c2cc(C#N)ccc2OC1(C)C. The average Bonchev–Trinajstić information content (AvgIpc) is 2.56. The second-order valence-electron chi connectivity index (χ2n) is 6.60. The lowest BCUT2D eigenvalue weighted by Gasteiger charge is -2.51. The Hall–Kier alpha value is -2.58. The second kappa shape index (κ2) is 5.50. The van der Waals surface area contributed by atoms with E-state index in [1.165, 1.54) is 10.6 Å². The van der Waals surface area contributed by atoms with Crippen LogP contribution in [0.25, 0.3) is 0 Å². The fourth-order valence-corrected chi connectivity index (χ4v) is 3.53. The monoisotopic (exact) mass is 324 g/mol. The maximum absolute atomic E-state index is 12.4. The zero-order chi connectivity index (χ0) is 17.5. The van der Waals surface area contributed by atoms with Gasteiger partial charge in [-0.05, 0) is 44.5 Å². The van der Waals surface area contributed by atoms with Crippen molar-refractivity contribution in [3.05, 3.63) is 64.1 Å². The van der Waals surface area contributed by atoms with Crippen molar-refractivity contribution in [3.63, 3.8) is 0 Å². The van der Waals surface area contributed by atoms with E-state index in [0.717, 1.165) is 0 Å². The van der Waals surface area contributed by atoms with Gasteiger partial charge in [0.05, 0.1) is 17.7 Å². The molecule has 2 heterocycles. The van der Waals surface area contributed by atoms with Gasteiger partial charge >= 0.3 is 0 Å². The normalized spacial score (nSPS) is 24.5. The first-order chi connectivity index (χ1) is 11.3. The first-order valence-corrected chi connectivity index (χ1v) is 7.96. The van der Waals surface area contributed by atoms with Crippen LogP contribution in [0.5, 0.6) is 5.75 Å². The first kappa shape index (κ1) is 16.3. The van der Waals surface area contributed by atoms with Crippen molar-refractivity contribution in [1.29, 1.82) is 5.26 Å². The zero-order valence-electron chi connectivity index (χ0n) is 14.0. The second-order valence-corrected chi connectivity index (χ2v) is 6.60. The van der Waals surface area contributed by atoms with Crippen molar-refractivity contribution in [2.24, 2.45) is 0 Å². The summed E-state index contributed by atoms with van der Waals surface area (Å²) in [6.07, 6.45) is 2.06. The van der Waals surface area contributed by atoms with Crippen LogP contribution in [-0.2, 0) is 0 Å². The summed E-state index contributed by atoms with van der Waals surface area (Å²) in [6, 6.07) is 11.5. The molecule has 1 aliphatic heterocycles. The number of nitriles is 1. The van der Waals surface area contributed by atoms with Crippen LogP contribution in [0.2, 0.25) is 0 Å². The Kier molecular flexibility index (Phi) is 3.73. The molecule has 0 bridgehead atoms. The molecule has 1 N–H and O–H groups in total. The number of pyridine rings is 1. The molecule has 0 spiro atoms. The molecule has 5 heteroatoms. The van der Waals surface area contributed by atoms with E-state index in [2.05, 4.69) is 6.07 Å². The molecule has 5 nitrogen and oxygen atoms in total. The van der Waals surface area contributed by atoms with Crippen molar-refractivity contribution in [2.75, 3.05) is 0 Å². The van der Waals surface area contributed by atoms with Gasteiger partial charge in [-0.1, -0.05) is 13.0 Å². The van der Waals surface area contributed by atoms with E-state index < -0.39 is 17.2 Å².